The Morgan fingerprint density at radius 3 is 2.73 bits per heavy atom. The summed E-state index contributed by atoms with van der Waals surface area (Å²) in [6.07, 6.45) is 5.80. The Kier molecular flexibility index (Phi) is 3.43. The van der Waals surface area contributed by atoms with Gasteiger partial charge in [-0.2, -0.15) is 0 Å². The lowest BCUT2D eigenvalue weighted by molar-refractivity contribution is -0.154. The number of fused-ring (bicyclic) bond motifs is 2. The van der Waals surface area contributed by atoms with Crippen LogP contribution in [0.2, 0.25) is 0 Å². The minimum absolute atomic E-state index is 0.0561. The molecule has 5 nitrogen and oxygen atoms in total. The van der Waals surface area contributed by atoms with Crippen molar-refractivity contribution in [2.75, 3.05) is 6.54 Å². The van der Waals surface area contributed by atoms with E-state index in [1.807, 2.05) is 4.90 Å². The number of amides is 1. The minimum Gasteiger partial charge on any atom is -0.460 e. The van der Waals surface area contributed by atoms with Gasteiger partial charge in [-0.3, -0.25) is 9.59 Å². The van der Waals surface area contributed by atoms with Gasteiger partial charge in [0.25, 0.3) is 5.91 Å². The van der Waals surface area contributed by atoms with Crippen LogP contribution in [0.3, 0.4) is 0 Å². The number of ether oxygens (including phenoxy) is 1. The van der Waals surface area contributed by atoms with E-state index in [2.05, 4.69) is 11.9 Å². The summed E-state index contributed by atoms with van der Waals surface area (Å²) in [7, 11) is 0. The van der Waals surface area contributed by atoms with Gasteiger partial charge in [-0.15, -0.1) is 0 Å². The first kappa shape index (κ1) is 16.2. The Morgan fingerprint density at radius 2 is 2.04 bits per heavy atom. The third-order valence-corrected chi connectivity index (χ3v) is 6.68. The second-order valence-electron chi connectivity index (χ2n) is 8.94. The van der Waals surface area contributed by atoms with Crippen LogP contribution in [0.1, 0.15) is 49.5 Å². The standard InChI is InChI=1S/C20H23FN2O3/c1-20-7-12-6-13(8-20)17(26-19(25)11-2-3-11)16(12)23(10-20)18(24)15-5-4-14(21)9-22-15/h4-5,9,11-13,16-17H,2-3,6-8,10H2,1H3. The molecule has 3 bridgehead atoms. The maximum Gasteiger partial charge on any atom is 0.309 e. The molecular formula is C20H23FN2O3. The van der Waals surface area contributed by atoms with Gasteiger partial charge in [-0.25, -0.2) is 9.37 Å². The Bertz CT molecular complexity index is 763. The summed E-state index contributed by atoms with van der Waals surface area (Å²) >= 11 is 0. The maximum atomic E-state index is 13.2. The molecule has 2 heterocycles. The average molecular weight is 358 g/mol. The van der Waals surface area contributed by atoms with Crippen molar-refractivity contribution in [3.63, 3.8) is 0 Å². The Morgan fingerprint density at radius 1 is 1.27 bits per heavy atom. The number of hydrogen-bond acceptors (Lipinski definition) is 4. The molecule has 138 valence electrons. The summed E-state index contributed by atoms with van der Waals surface area (Å²) in [6.45, 7) is 2.88. The second-order valence-corrected chi connectivity index (χ2v) is 8.94. The van der Waals surface area contributed by atoms with Gasteiger partial charge >= 0.3 is 5.97 Å². The van der Waals surface area contributed by atoms with Crippen LogP contribution < -0.4 is 0 Å². The highest BCUT2D eigenvalue weighted by molar-refractivity contribution is 5.92. The zero-order valence-corrected chi connectivity index (χ0v) is 14.9. The van der Waals surface area contributed by atoms with Gasteiger partial charge in [-0.1, -0.05) is 6.92 Å². The van der Waals surface area contributed by atoms with Crippen molar-refractivity contribution in [3.8, 4) is 0 Å². The summed E-state index contributed by atoms with van der Waals surface area (Å²) in [5.74, 6) is 0.0410. The highest BCUT2D eigenvalue weighted by Crippen LogP contribution is 2.57. The molecule has 3 aliphatic carbocycles. The number of carbonyl (C=O) groups excluding carboxylic acids is 2. The van der Waals surface area contributed by atoms with Crippen LogP contribution in [0.4, 0.5) is 4.39 Å². The molecule has 1 aromatic heterocycles. The van der Waals surface area contributed by atoms with E-state index in [1.54, 1.807) is 0 Å². The van der Waals surface area contributed by atoms with E-state index >= 15 is 0 Å². The van der Waals surface area contributed by atoms with Crippen LogP contribution in [-0.2, 0) is 9.53 Å². The summed E-state index contributed by atoms with van der Waals surface area (Å²) in [5.41, 5.74) is 0.313. The van der Waals surface area contributed by atoms with Crippen molar-refractivity contribution in [2.45, 2.75) is 51.2 Å². The Labute approximate surface area is 151 Å². The summed E-state index contributed by atoms with van der Waals surface area (Å²) in [6, 6.07) is 2.63. The lowest BCUT2D eigenvalue weighted by Gasteiger charge is -2.48. The summed E-state index contributed by atoms with van der Waals surface area (Å²) in [5, 5.41) is 0. The number of pyridine rings is 1. The third-order valence-electron chi connectivity index (χ3n) is 6.68. The molecule has 1 aromatic rings. The predicted molar refractivity (Wildman–Crippen MR) is 90.6 cm³/mol. The topological polar surface area (TPSA) is 59.5 Å². The first-order valence-corrected chi connectivity index (χ1v) is 9.57. The van der Waals surface area contributed by atoms with Crippen LogP contribution >= 0.6 is 0 Å². The molecule has 4 aliphatic rings. The molecule has 3 saturated carbocycles. The molecule has 4 fully saturated rings. The van der Waals surface area contributed by atoms with Gasteiger partial charge in [0.1, 0.15) is 17.6 Å². The highest BCUT2D eigenvalue weighted by Gasteiger charge is 2.60. The van der Waals surface area contributed by atoms with Crippen LogP contribution in [0.25, 0.3) is 0 Å². The zero-order chi connectivity index (χ0) is 18.1. The monoisotopic (exact) mass is 358 g/mol. The molecule has 1 aliphatic heterocycles. The lowest BCUT2D eigenvalue weighted by Crippen LogP contribution is -2.55. The summed E-state index contributed by atoms with van der Waals surface area (Å²) in [4.78, 5) is 31.3. The van der Waals surface area contributed by atoms with E-state index in [9.17, 15) is 14.0 Å². The minimum atomic E-state index is -0.454. The molecule has 1 saturated heterocycles. The first-order chi connectivity index (χ1) is 12.4. The first-order valence-electron chi connectivity index (χ1n) is 9.57. The Hall–Kier alpha value is -1.98. The molecule has 0 spiro atoms. The fraction of sp³-hybridized carbons (Fsp3) is 0.650. The molecular weight excluding hydrogens is 335 g/mol. The number of nitrogens with zero attached hydrogens (tertiary/aromatic N) is 2. The molecule has 0 aromatic carbocycles. The van der Waals surface area contributed by atoms with E-state index < -0.39 is 5.82 Å². The SMILES string of the molecule is CC12CC3CC(C1)C(C3OC(=O)C1CC1)N(C(=O)c1ccc(F)cn1)C2. The normalized spacial score (nSPS) is 37.7. The molecule has 0 N–H and O–H groups in total. The Balaban J connectivity index is 1.46. The average Bonchev–Trinajstić information content (AvgIpc) is 3.41. The van der Waals surface area contributed by atoms with Crippen LogP contribution in [0.5, 0.6) is 0 Å². The smallest absolute Gasteiger partial charge is 0.309 e. The van der Waals surface area contributed by atoms with Crippen molar-refractivity contribution in [1.29, 1.82) is 0 Å². The van der Waals surface area contributed by atoms with Gasteiger partial charge < -0.3 is 9.64 Å². The van der Waals surface area contributed by atoms with E-state index in [0.717, 1.165) is 38.3 Å². The second kappa shape index (κ2) is 5.51. The third kappa shape index (κ3) is 2.53. The van der Waals surface area contributed by atoms with E-state index in [4.69, 9.17) is 4.74 Å². The number of carbonyl (C=O) groups is 2. The highest BCUT2D eigenvalue weighted by atomic mass is 19.1. The number of halogens is 1. The van der Waals surface area contributed by atoms with E-state index in [0.29, 0.717) is 18.4 Å². The van der Waals surface area contributed by atoms with Gasteiger partial charge in [0.15, 0.2) is 0 Å². The number of aromatic nitrogens is 1. The van der Waals surface area contributed by atoms with Gasteiger partial charge in [-0.05, 0) is 61.5 Å². The van der Waals surface area contributed by atoms with Gasteiger partial charge in [0.05, 0.1) is 18.2 Å². The number of likely N-dealkylation sites (tertiary alicyclic amines) is 1. The van der Waals surface area contributed by atoms with Crippen molar-refractivity contribution in [3.05, 3.63) is 29.8 Å². The molecule has 5 rings (SSSR count). The lowest BCUT2D eigenvalue weighted by atomic mass is 9.67. The van der Waals surface area contributed by atoms with Crippen LogP contribution in [0, 0.1) is 29.0 Å². The van der Waals surface area contributed by atoms with Gasteiger partial charge in [0, 0.05) is 6.54 Å². The molecule has 5 atom stereocenters. The number of piperidine rings is 1. The fourth-order valence-electron chi connectivity index (χ4n) is 5.61. The van der Waals surface area contributed by atoms with Crippen LogP contribution in [-0.4, -0.2) is 40.5 Å². The molecule has 26 heavy (non-hydrogen) atoms. The van der Waals surface area contributed by atoms with Crippen LogP contribution in [0.15, 0.2) is 18.3 Å². The molecule has 6 heteroatoms. The van der Waals surface area contributed by atoms with Crippen molar-refractivity contribution < 1.29 is 18.7 Å². The molecule has 1 amide bonds. The maximum absolute atomic E-state index is 13.2. The molecule has 0 radical (unpaired) electrons. The van der Waals surface area contributed by atoms with E-state index in [1.165, 1.54) is 12.1 Å². The quantitative estimate of drug-likeness (QED) is 0.780. The fourth-order valence-corrected chi connectivity index (χ4v) is 5.61. The zero-order valence-electron chi connectivity index (χ0n) is 14.9. The van der Waals surface area contributed by atoms with Crippen molar-refractivity contribution in [2.24, 2.45) is 23.2 Å². The number of hydrogen-bond donors (Lipinski definition) is 0. The van der Waals surface area contributed by atoms with Gasteiger partial charge in [0.2, 0.25) is 0 Å². The number of esters is 1. The van der Waals surface area contributed by atoms with Crippen molar-refractivity contribution >= 4 is 11.9 Å². The summed E-state index contributed by atoms with van der Waals surface area (Å²) < 4.78 is 19.1. The molecule has 5 unspecified atom stereocenters. The van der Waals surface area contributed by atoms with E-state index in [-0.39, 0.29) is 41.0 Å². The van der Waals surface area contributed by atoms with Crippen molar-refractivity contribution in [1.82, 2.24) is 9.88 Å². The predicted octanol–water partition coefficient (Wildman–Crippen LogP) is 2.80. The largest absolute Gasteiger partial charge is 0.460 e. The number of rotatable bonds is 3.